The average Bonchev–Trinajstić information content (AvgIpc) is 3.08. The summed E-state index contributed by atoms with van der Waals surface area (Å²) in [7, 11) is 0. The van der Waals surface area contributed by atoms with Crippen molar-refractivity contribution in [3.05, 3.63) is 72.8 Å². The zero-order chi connectivity index (χ0) is 17.5. The van der Waals surface area contributed by atoms with Crippen LogP contribution in [0.2, 0.25) is 0 Å². The number of ether oxygens (including phenoxy) is 1. The van der Waals surface area contributed by atoms with Gasteiger partial charge >= 0.3 is 0 Å². The number of rotatable bonds is 3. The molecule has 5 rings (SSSR count). The second-order valence-electron chi connectivity index (χ2n) is 6.36. The number of pyridine rings is 1. The van der Waals surface area contributed by atoms with Crippen molar-refractivity contribution in [2.45, 2.75) is 6.92 Å². The van der Waals surface area contributed by atoms with Crippen molar-refractivity contribution >= 4 is 32.7 Å². The van der Waals surface area contributed by atoms with E-state index in [1.54, 1.807) is 0 Å². The van der Waals surface area contributed by atoms with Gasteiger partial charge in [-0.1, -0.05) is 36.4 Å². The van der Waals surface area contributed by atoms with Crippen molar-refractivity contribution in [2.75, 3.05) is 6.61 Å². The molecule has 0 atom stereocenters. The highest BCUT2D eigenvalue weighted by Crippen LogP contribution is 2.37. The van der Waals surface area contributed by atoms with E-state index >= 15 is 0 Å². The Balaban J connectivity index is 1.86. The van der Waals surface area contributed by atoms with E-state index in [-0.39, 0.29) is 0 Å². The number of para-hydroxylation sites is 2. The van der Waals surface area contributed by atoms with Gasteiger partial charge in [-0.25, -0.2) is 4.98 Å². The Morgan fingerprint density at radius 1 is 0.846 bits per heavy atom. The van der Waals surface area contributed by atoms with E-state index in [0.29, 0.717) is 6.61 Å². The lowest BCUT2D eigenvalue weighted by Crippen LogP contribution is -1.92. The third-order valence-corrected chi connectivity index (χ3v) is 4.79. The number of fused-ring (bicyclic) bond motifs is 5. The monoisotopic (exact) mass is 338 g/mol. The predicted molar refractivity (Wildman–Crippen MR) is 108 cm³/mol. The average molecular weight is 338 g/mol. The number of hydrogen-bond donors (Lipinski definition) is 1. The zero-order valence-corrected chi connectivity index (χ0v) is 14.5. The molecule has 0 unspecified atom stereocenters. The molecule has 5 aromatic rings. The molecule has 0 aliphatic heterocycles. The molecule has 0 spiro atoms. The fourth-order valence-electron chi connectivity index (χ4n) is 3.64. The summed E-state index contributed by atoms with van der Waals surface area (Å²) in [5, 5.41) is 3.64. The number of aromatic amines is 1. The highest BCUT2D eigenvalue weighted by molar-refractivity contribution is 6.22. The second-order valence-corrected chi connectivity index (χ2v) is 6.36. The summed E-state index contributed by atoms with van der Waals surface area (Å²) in [6.07, 6.45) is 0. The van der Waals surface area contributed by atoms with E-state index in [4.69, 9.17) is 9.72 Å². The highest BCUT2D eigenvalue weighted by Gasteiger charge is 2.15. The van der Waals surface area contributed by atoms with Crippen LogP contribution in [0.5, 0.6) is 5.75 Å². The largest absolute Gasteiger partial charge is 0.494 e. The van der Waals surface area contributed by atoms with Crippen LogP contribution in [0.25, 0.3) is 44.0 Å². The summed E-state index contributed by atoms with van der Waals surface area (Å²) in [6, 6.07) is 24.9. The number of hydrogen-bond acceptors (Lipinski definition) is 2. The topological polar surface area (TPSA) is 37.9 Å². The van der Waals surface area contributed by atoms with Crippen LogP contribution in [0, 0.1) is 0 Å². The Morgan fingerprint density at radius 3 is 2.38 bits per heavy atom. The minimum atomic E-state index is 0.667. The summed E-state index contributed by atoms with van der Waals surface area (Å²) in [4.78, 5) is 8.56. The summed E-state index contributed by atoms with van der Waals surface area (Å²) >= 11 is 0. The van der Waals surface area contributed by atoms with Crippen LogP contribution in [-0.4, -0.2) is 16.6 Å². The molecule has 0 aliphatic rings. The van der Waals surface area contributed by atoms with Gasteiger partial charge in [0.1, 0.15) is 5.75 Å². The summed E-state index contributed by atoms with van der Waals surface area (Å²) in [5.41, 5.74) is 5.27. The molecule has 0 aliphatic carbocycles. The Labute approximate surface area is 151 Å². The van der Waals surface area contributed by atoms with Crippen molar-refractivity contribution in [1.29, 1.82) is 0 Å². The van der Waals surface area contributed by atoms with E-state index in [0.717, 1.165) is 33.6 Å². The molecule has 0 radical (unpaired) electrons. The van der Waals surface area contributed by atoms with Gasteiger partial charge in [0.15, 0.2) is 0 Å². The molecule has 126 valence electrons. The molecule has 26 heavy (non-hydrogen) atoms. The van der Waals surface area contributed by atoms with E-state index in [2.05, 4.69) is 59.6 Å². The van der Waals surface area contributed by atoms with Crippen LogP contribution in [0.4, 0.5) is 0 Å². The van der Waals surface area contributed by atoms with Gasteiger partial charge in [-0.05, 0) is 43.3 Å². The zero-order valence-electron chi connectivity index (χ0n) is 14.5. The van der Waals surface area contributed by atoms with E-state index in [9.17, 15) is 0 Å². The Morgan fingerprint density at radius 2 is 1.58 bits per heavy atom. The lowest BCUT2D eigenvalue weighted by molar-refractivity contribution is 0.340. The van der Waals surface area contributed by atoms with Gasteiger partial charge in [0.2, 0.25) is 0 Å². The minimum absolute atomic E-state index is 0.667. The maximum Gasteiger partial charge on any atom is 0.119 e. The lowest BCUT2D eigenvalue weighted by atomic mass is 10.0. The Hall–Kier alpha value is -3.33. The second kappa shape index (κ2) is 5.88. The molecule has 0 saturated heterocycles. The Bertz CT molecular complexity index is 1240. The van der Waals surface area contributed by atoms with Gasteiger partial charge < -0.3 is 9.72 Å². The van der Waals surface area contributed by atoms with Crippen LogP contribution < -0.4 is 4.74 Å². The van der Waals surface area contributed by atoms with Crippen LogP contribution in [0.1, 0.15) is 6.92 Å². The molecule has 0 fully saturated rings. The van der Waals surface area contributed by atoms with Crippen molar-refractivity contribution in [3.8, 4) is 17.0 Å². The van der Waals surface area contributed by atoms with Crippen LogP contribution in [0.3, 0.4) is 0 Å². The molecule has 2 aromatic heterocycles. The quantitative estimate of drug-likeness (QED) is 0.442. The standard InChI is InChI=1S/C23H18N2O/c1-2-26-16-13-11-15(12-14-16)22-23-21(17-7-3-5-9-19(17)24-22)18-8-4-6-10-20(18)25-23/h3-14,25H,2H2,1H3. The smallest absolute Gasteiger partial charge is 0.119 e. The highest BCUT2D eigenvalue weighted by atomic mass is 16.5. The van der Waals surface area contributed by atoms with Crippen molar-refractivity contribution in [3.63, 3.8) is 0 Å². The van der Waals surface area contributed by atoms with E-state index in [1.165, 1.54) is 16.2 Å². The maximum absolute atomic E-state index is 5.57. The number of nitrogens with zero attached hydrogens (tertiary/aromatic N) is 1. The normalized spacial score (nSPS) is 11.4. The molecule has 0 amide bonds. The minimum Gasteiger partial charge on any atom is -0.494 e. The first-order valence-corrected chi connectivity index (χ1v) is 8.87. The summed E-state index contributed by atoms with van der Waals surface area (Å²) < 4.78 is 5.57. The van der Waals surface area contributed by atoms with E-state index in [1.807, 2.05) is 25.1 Å². The third-order valence-electron chi connectivity index (χ3n) is 4.79. The fraction of sp³-hybridized carbons (Fsp3) is 0.0870. The predicted octanol–water partition coefficient (Wildman–Crippen LogP) is 5.94. The van der Waals surface area contributed by atoms with Gasteiger partial charge in [0, 0.05) is 27.2 Å². The van der Waals surface area contributed by atoms with Gasteiger partial charge in [-0.15, -0.1) is 0 Å². The molecular formula is C23H18N2O. The number of nitrogens with one attached hydrogen (secondary N) is 1. The van der Waals surface area contributed by atoms with Gasteiger partial charge in [0.05, 0.1) is 23.3 Å². The lowest BCUT2D eigenvalue weighted by Gasteiger charge is -2.08. The van der Waals surface area contributed by atoms with Crippen molar-refractivity contribution in [1.82, 2.24) is 9.97 Å². The molecule has 3 nitrogen and oxygen atoms in total. The number of benzene rings is 3. The van der Waals surface area contributed by atoms with Gasteiger partial charge in [-0.3, -0.25) is 0 Å². The third kappa shape index (κ3) is 2.25. The van der Waals surface area contributed by atoms with Crippen LogP contribution >= 0.6 is 0 Å². The van der Waals surface area contributed by atoms with Gasteiger partial charge in [-0.2, -0.15) is 0 Å². The number of aromatic nitrogens is 2. The number of H-pyrrole nitrogens is 1. The molecular weight excluding hydrogens is 320 g/mol. The Kier molecular flexibility index (Phi) is 3.39. The molecule has 2 heterocycles. The first-order valence-electron chi connectivity index (χ1n) is 8.87. The maximum atomic E-state index is 5.57. The van der Waals surface area contributed by atoms with Crippen LogP contribution in [-0.2, 0) is 0 Å². The summed E-state index contributed by atoms with van der Waals surface area (Å²) in [6.45, 7) is 2.66. The molecule has 3 aromatic carbocycles. The van der Waals surface area contributed by atoms with Crippen LogP contribution in [0.15, 0.2) is 72.8 Å². The SMILES string of the molecule is CCOc1ccc(-c2nc3ccccc3c3c2[nH]c2ccccc23)cc1. The van der Waals surface area contributed by atoms with Crippen molar-refractivity contribution < 1.29 is 4.74 Å². The first-order chi connectivity index (χ1) is 12.8. The molecule has 3 heteroatoms. The molecule has 1 N–H and O–H groups in total. The first kappa shape index (κ1) is 15.0. The van der Waals surface area contributed by atoms with E-state index < -0.39 is 0 Å². The van der Waals surface area contributed by atoms with Gasteiger partial charge in [0.25, 0.3) is 0 Å². The van der Waals surface area contributed by atoms with Crippen molar-refractivity contribution in [2.24, 2.45) is 0 Å². The summed E-state index contributed by atoms with van der Waals surface area (Å²) in [5.74, 6) is 0.880. The molecule has 0 bridgehead atoms. The fourth-order valence-corrected chi connectivity index (χ4v) is 3.64. The molecule has 0 saturated carbocycles.